The van der Waals surface area contributed by atoms with E-state index in [1.807, 2.05) is 0 Å². The molecule has 2 saturated heterocycles. The van der Waals surface area contributed by atoms with Gasteiger partial charge in [0.25, 0.3) is 5.56 Å². The molecule has 3 fully saturated rings. The lowest BCUT2D eigenvalue weighted by Gasteiger charge is -2.51. The average Bonchev–Trinajstić information content (AvgIpc) is 3.91. The van der Waals surface area contributed by atoms with Crippen LogP contribution in [0.4, 0.5) is 5.95 Å². The Morgan fingerprint density at radius 3 is 2.42 bits per heavy atom. The highest BCUT2D eigenvalue weighted by atomic mass is 32.5. The van der Waals surface area contributed by atoms with Crippen LogP contribution < -0.4 is 15.6 Å². The second-order valence-electron chi connectivity index (χ2n) is 18.1. The Morgan fingerprint density at radius 1 is 1.09 bits per heavy atom. The van der Waals surface area contributed by atoms with Crippen LogP contribution in [-0.2, 0) is 57.0 Å². The van der Waals surface area contributed by atoms with E-state index in [0.717, 1.165) is 0 Å². The average molecular weight is 1000 g/mol. The van der Waals surface area contributed by atoms with Gasteiger partial charge in [-0.05, 0) is 46.5 Å². The minimum atomic E-state index is -3.92. The summed E-state index contributed by atoms with van der Waals surface area (Å²) in [4.78, 5) is 51.6. The van der Waals surface area contributed by atoms with Crippen molar-refractivity contribution in [3.05, 3.63) is 41.2 Å². The van der Waals surface area contributed by atoms with Gasteiger partial charge in [0.2, 0.25) is 17.7 Å². The van der Waals surface area contributed by atoms with Crippen LogP contribution in [-0.4, -0.2) is 103 Å². The van der Waals surface area contributed by atoms with Crippen LogP contribution in [0.1, 0.15) is 94.7 Å². The first-order chi connectivity index (χ1) is 30.7. The van der Waals surface area contributed by atoms with Crippen LogP contribution in [0.2, 0.25) is 22.2 Å². The molecule has 0 bridgehead atoms. The van der Waals surface area contributed by atoms with Gasteiger partial charge in [-0.25, -0.2) is 9.97 Å². The third-order valence-electron chi connectivity index (χ3n) is 12.1. The molecule has 9 atom stereocenters. The standard InChI is InChI=1S/C40H63N7O13P2SSi2/c1-23(2)37(48)45-40-44-36-30(38(49)46-40)13-16-47(36)39-35(34-32(56-39)21-54-64(24(3)4,25(5)6)60-65(59-34,26(7)8)27(9)10)58-62(63,52-17-11-14-41)53-20-28-18-29(19-31(28)57-61(50)51)55-33-12-15-42-22-43-33/h12-13,15-16,22-29,31-32,34-35,39,61H,11,17-21H2,1-10H3,(H,50,51)(H2,44,45,46,48,49)/t28-,29-,31+,32-,34-,35-,39-,62?/m1/s1. The molecule has 6 rings (SSSR count). The summed E-state index contributed by atoms with van der Waals surface area (Å²) >= 11 is 6.22. The van der Waals surface area contributed by atoms with Crippen molar-refractivity contribution in [3.63, 3.8) is 0 Å². The Balaban J connectivity index is 1.44. The fourth-order valence-corrected chi connectivity index (χ4v) is 22.6. The number of fused-ring (bicyclic) bond motifs is 2. The van der Waals surface area contributed by atoms with E-state index in [9.17, 15) is 24.3 Å². The second-order valence-corrected chi connectivity index (χ2v) is 30.7. The molecule has 2 unspecified atom stereocenters. The maximum absolute atomic E-state index is 13.5. The van der Waals surface area contributed by atoms with Crippen LogP contribution in [0.15, 0.2) is 35.6 Å². The first-order valence-corrected chi connectivity index (χ1v) is 29.8. The van der Waals surface area contributed by atoms with Crippen molar-refractivity contribution in [2.24, 2.45) is 11.8 Å². The second kappa shape index (κ2) is 21.7. The fourth-order valence-electron chi connectivity index (χ4n) is 8.77. The monoisotopic (exact) mass is 999 g/mol. The SMILES string of the molecule is CC(C)C(=O)Nc1nc2c(ccn2[C@@H]2O[C@@H]3CO[Si](C(C)C)(C(C)C)O[Si](C(C)C)(C(C)C)O[C@H]3[C@H]2OP(=S)(OCCC#N)OC[C@H]2C[C@@H](Oc3ccncn3)C[C@@H]2O[PH](=O)O)c(=O)[nH]1. The van der Waals surface area contributed by atoms with Crippen molar-refractivity contribution in [2.75, 3.05) is 25.1 Å². The van der Waals surface area contributed by atoms with Crippen LogP contribution >= 0.6 is 15.0 Å². The highest BCUT2D eigenvalue weighted by Gasteiger charge is 2.63. The summed E-state index contributed by atoms with van der Waals surface area (Å²) in [5.41, 5.74) is -0.362. The zero-order valence-corrected chi connectivity index (χ0v) is 43.2. The molecule has 1 aliphatic carbocycles. The van der Waals surface area contributed by atoms with E-state index >= 15 is 0 Å². The van der Waals surface area contributed by atoms with Crippen LogP contribution in [0.5, 0.6) is 5.88 Å². The number of hydrogen-bond donors (Lipinski definition) is 3. The Hall–Kier alpha value is -2.79. The van der Waals surface area contributed by atoms with Gasteiger partial charge in [0.05, 0.1) is 43.8 Å². The molecule has 20 nitrogen and oxygen atoms in total. The maximum atomic E-state index is 13.5. The Bertz CT molecular complexity index is 2270. The molecule has 360 valence electrons. The normalized spacial score (nSPS) is 26.8. The maximum Gasteiger partial charge on any atom is 0.335 e. The largest absolute Gasteiger partial charge is 0.474 e. The van der Waals surface area contributed by atoms with Crippen molar-refractivity contribution < 1.29 is 54.8 Å². The van der Waals surface area contributed by atoms with Crippen molar-refractivity contribution in [1.82, 2.24) is 24.5 Å². The number of amides is 1. The van der Waals surface area contributed by atoms with Crippen molar-refractivity contribution >= 4 is 66.8 Å². The molecule has 0 aromatic carbocycles. The predicted octanol–water partition coefficient (Wildman–Crippen LogP) is 7.14. The highest BCUT2D eigenvalue weighted by molar-refractivity contribution is 8.07. The topological polar surface area (TPSA) is 250 Å². The minimum Gasteiger partial charge on any atom is -0.474 e. The number of aromatic amines is 1. The molecule has 65 heavy (non-hydrogen) atoms. The molecule has 3 aromatic heterocycles. The van der Waals surface area contributed by atoms with E-state index < -0.39 is 86.2 Å². The van der Waals surface area contributed by atoms with Gasteiger partial charge in [0, 0.05) is 36.7 Å². The van der Waals surface area contributed by atoms with E-state index in [1.165, 1.54) is 6.33 Å². The number of carbonyl (C=O) groups is 1. The summed E-state index contributed by atoms with van der Waals surface area (Å²) in [5, 5.41) is 12.5. The van der Waals surface area contributed by atoms with Crippen molar-refractivity contribution in [2.45, 2.75) is 147 Å². The number of H-pyrrole nitrogens is 1. The summed E-state index contributed by atoms with van der Waals surface area (Å²) in [6.45, 7) is 16.2. The highest BCUT2D eigenvalue weighted by Crippen LogP contribution is 2.57. The van der Waals surface area contributed by atoms with Gasteiger partial charge in [-0.3, -0.25) is 29.0 Å². The van der Waals surface area contributed by atoms with Gasteiger partial charge in [-0.2, -0.15) is 10.2 Å². The summed E-state index contributed by atoms with van der Waals surface area (Å²) in [6, 6.07) is 5.28. The van der Waals surface area contributed by atoms with Gasteiger partial charge in [0.1, 0.15) is 30.7 Å². The molecule has 5 heterocycles. The lowest BCUT2D eigenvalue weighted by molar-refractivity contribution is -0.118. The van der Waals surface area contributed by atoms with Crippen molar-refractivity contribution in [1.29, 1.82) is 5.26 Å². The van der Waals surface area contributed by atoms with E-state index in [4.69, 9.17) is 52.3 Å². The number of ether oxygens (including phenoxy) is 2. The summed E-state index contributed by atoms with van der Waals surface area (Å²) in [7, 11) is -9.72. The smallest absolute Gasteiger partial charge is 0.335 e. The molecule has 25 heteroatoms. The van der Waals surface area contributed by atoms with Gasteiger partial charge in [0.15, 0.2) is 11.9 Å². The van der Waals surface area contributed by atoms with E-state index in [-0.39, 0.29) is 77.7 Å². The minimum absolute atomic E-state index is 0.0376. The van der Waals surface area contributed by atoms with Crippen molar-refractivity contribution in [3.8, 4) is 11.9 Å². The fraction of sp³-hybridized carbons (Fsp3) is 0.700. The summed E-state index contributed by atoms with van der Waals surface area (Å²) in [6.07, 6.45) is 0.0117. The third kappa shape index (κ3) is 11.6. The third-order valence-corrected chi connectivity index (χ3v) is 25.2. The number of rotatable bonds is 19. The lowest BCUT2D eigenvalue weighted by Crippen LogP contribution is -2.65. The molecule has 1 saturated carbocycles. The number of carbonyl (C=O) groups excluding carboxylic acids is 1. The van der Waals surface area contributed by atoms with Gasteiger partial charge in [-0.1, -0.05) is 69.2 Å². The van der Waals surface area contributed by atoms with E-state index in [0.29, 0.717) is 12.3 Å². The molecule has 3 aromatic rings. The first kappa shape index (κ1) is 51.6. The molecule has 3 N–H and O–H groups in total. The molecule has 0 radical (unpaired) electrons. The quantitative estimate of drug-likeness (QED) is 0.0613. The summed E-state index contributed by atoms with van der Waals surface area (Å²) in [5.74, 6) is -0.975. The van der Waals surface area contributed by atoms with Crippen LogP contribution in [0.3, 0.4) is 0 Å². The predicted molar refractivity (Wildman–Crippen MR) is 248 cm³/mol. The zero-order chi connectivity index (χ0) is 47.4. The Kier molecular flexibility index (Phi) is 17.2. The number of nitrogens with zero attached hydrogens (tertiary/aromatic N) is 5. The van der Waals surface area contributed by atoms with E-state index in [1.54, 1.807) is 42.9 Å². The first-order valence-electron chi connectivity index (χ1n) is 22.1. The zero-order valence-electron chi connectivity index (χ0n) is 38.5. The van der Waals surface area contributed by atoms with Crippen LogP contribution in [0.25, 0.3) is 11.0 Å². The molecule has 0 spiro atoms. The molecular weight excluding hydrogens is 937 g/mol. The van der Waals surface area contributed by atoms with Gasteiger partial charge >= 0.3 is 32.1 Å². The van der Waals surface area contributed by atoms with E-state index in [2.05, 4.69) is 86.7 Å². The van der Waals surface area contributed by atoms with Gasteiger partial charge in [-0.15, -0.1) is 0 Å². The number of aromatic nitrogens is 5. The number of nitriles is 1. The van der Waals surface area contributed by atoms with Crippen LogP contribution in [0, 0.1) is 23.2 Å². The molecule has 1 amide bonds. The molecule has 2 aliphatic heterocycles. The molecule has 3 aliphatic rings. The number of anilines is 1. The number of nitrogens with one attached hydrogen (secondary N) is 2. The Morgan fingerprint density at radius 2 is 1.80 bits per heavy atom. The lowest BCUT2D eigenvalue weighted by atomic mass is 10.1. The molecular formula is C40H63N7O13P2SSi2. The number of hydrogen-bond acceptors (Lipinski definition) is 17. The van der Waals surface area contributed by atoms with Gasteiger partial charge < -0.3 is 45.5 Å². The Labute approximate surface area is 387 Å². The summed E-state index contributed by atoms with van der Waals surface area (Å²) < 4.78 is 74.1.